The highest BCUT2D eigenvalue weighted by Crippen LogP contribution is 2.34. The lowest BCUT2D eigenvalue weighted by atomic mass is 10.2. The quantitative estimate of drug-likeness (QED) is 0.165. The number of nitrogens with zero attached hydrogens (tertiary/aromatic N) is 5. The molecule has 0 saturated carbocycles. The number of halogens is 2. The first-order chi connectivity index (χ1) is 21.8. The zero-order valence-electron chi connectivity index (χ0n) is 27.3. The first-order valence-corrected chi connectivity index (χ1v) is 15.7. The lowest BCUT2D eigenvalue weighted by molar-refractivity contribution is 0.271. The smallest absolute Gasteiger partial charge is 0.242 e. The van der Waals surface area contributed by atoms with Gasteiger partial charge in [-0.3, -0.25) is 0 Å². The van der Waals surface area contributed by atoms with E-state index in [1.807, 2.05) is 30.3 Å². The Hall–Kier alpha value is -4.27. The van der Waals surface area contributed by atoms with Crippen LogP contribution in [0.15, 0.2) is 42.7 Å². The highest BCUT2D eigenvalue weighted by Gasteiger charge is 2.20. The summed E-state index contributed by atoms with van der Waals surface area (Å²) in [7, 11) is 0. The summed E-state index contributed by atoms with van der Waals surface area (Å²) in [5, 5.41) is 16.1. The monoisotopic (exact) mass is 620 g/mol. The van der Waals surface area contributed by atoms with Crippen LogP contribution in [0.5, 0.6) is 11.6 Å². The summed E-state index contributed by atoms with van der Waals surface area (Å²) < 4.78 is 35.1. The molecule has 3 N–H and O–H groups in total. The molecule has 0 unspecified atom stereocenters. The van der Waals surface area contributed by atoms with Crippen LogP contribution in [0.3, 0.4) is 0 Å². The number of hydrogen-bond acceptors (Lipinski definition) is 8. The van der Waals surface area contributed by atoms with Gasteiger partial charge in [-0.1, -0.05) is 41.0 Å². The minimum atomic E-state index is -0.747. The van der Waals surface area contributed by atoms with Gasteiger partial charge in [-0.15, -0.1) is 0 Å². The second-order valence-electron chi connectivity index (χ2n) is 10.7. The SMILES string of the molecule is CCC.CCCNCC.CCN1CCN(c2ccc(Nc3ncnc(Oc4cc(F)c5[nH]c(C)cc5c4F)c3C#N)cc2)CC1. The van der Waals surface area contributed by atoms with Gasteiger partial charge in [-0.25, -0.2) is 18.7 Å². The summed E-state index contributed by atoms with van der Waals surface area (Å²) >= 11 is 0. The van der Waals surface area contributed by atoms with Crippen LogP contribution in [-0.4, -0.2) is 65.7 Å². The Morgan fingerprint density at radius 3 is 2.27 bits per heavy atom. The summed E-state index contributed by atoms with van der Waals surface area (Å²) in [6.07, 6.45) is 3.70. The fourth-order valence-electron chi connectivity index (χ4n) is 4.72. The predicted octanol–water partition coefficient (Wildman–Crippen LogP) is 7.52. The molecule has 2 aromatic heterocycles. The molecular weight excluding hydrogens is 574 g/mol. The van der Waals surface area contributed by atoms with Crippen molar-refractivity contribution in [1.82, 2.24) is 25.2 Å². The molecule has 11 heteroatoms. The van der Waals surface area contributed by atoms with Crippen LogP contribution in [-0.2, 0) is 0 Å². The molecule has 9 nitrogen and oxygen atoms in total. The number of nitriles is 1. The van der Waals surface area contributed by atoms with Crippen molar-refractivity contribution in [1.29, 1.82) is 5.26 Å². The van der Waals surface area contributed by atoms with Gasteiger partial charge < -0.3 is 30.2 Å². The van der Waals surface area contributed by atoms with Gasteiger partial charge in [0.2, 0.25) is 5.88 Å². The largest absolute Gasteiger partial charge is 0.434 e. The Labute approximate surface area is 265 Å². The fraction of sp³-hybridized carbons (Fsp3) is 0.441. The number of aromatic nitrogens is 3. The number of benzene rings is 2. The molecule has 0 bridgehead atoms. The molecule has 1 aliphatic rings. The second kappa shape index (κ2) is 17.9. The molecule has 45 heavy (non-hydrogen) atoms. The third-order valence-electron chi connectivity index (χ3n) is 7.02. The van der Waals surface area contributed by atoms with Crippen molar-refractivity contribution in [2.75, 3.05) is 56.0 Å². The van der Waals surface area contributed by atoms with E-state index in [-0.39, 0.29) is 33.9 Å². The molecule has 1 aliphatic heterocycles. The molecule has 242 valence electrons. The van der Waals surface area contributed by atoms with Crippen molar-refractivity contribution in [2.24, 2.45) is 0 Å². The molecule has 0 atom stereocenters. The van der Waals surface area contributed by atoms with E-state index in [1.165, 1.54) is 25.2 Å². The van der Waals surface area contributed by atoms with Gasteiger partial charge in [0.05, 0.1) is 5.52 Å². The number of aromatic amines is 1. The molecule has 4 aromatic rings. The van der Waals surface area contributed by atoms with Crippen LogP contribution >= 0.6 is 0 Å². The number of ether oxygens (including phenoxy) is 1. The maximum absolute atomic E-state index is 15.0. The molecular formula is C34H46F2N8O. The predicted molar refractivity (Wildman–Crippen MR) is 179 cm³/mol. The Morgan fingerprint density at radius 1 is 1.00 bits per heavy atom. The summed E-state index contributed by atoms with van der Waals surface area (Å²) in [5.74, 6) is -1.76. The summed E-state index contributed by atoms with van der Waals surface area (Å²) in [6, 6.07) is 12.3. The topological polar surface area (TPSA) is 105 Å². The van der Waals surface area contributed by atoms with Crippen molar-refractivity contribution in [2.45, 2.75) is 54.4 Å². The molecule has 1 fully saturated rings. The zero-order valence-corrected chi connectivity index (χ0v) is 27.3. The minimum Gasteiger partial charge on any atom is -0.434 e. The Bertz CT molecular complexity index is 1520. The third-order valence-corrected chi connectivity index (χ3v) is 7.02. The molecule has 5 rings (SSSR count). The van der Waals surface area contributed by atoms with E-state index >= 15 is 4.39 Å². The number of anilines is 3. The first-order valence-electron chi connectivity index (χ1n) is 15.7. The van der Waals surface area contributed by atoms with Crippen LogP contribution in [0, 0.1) is 29.9 Å². The van der Waals surface area contributed by atoms with E-state index in [1.54, 1.807) is 6.92 Å². The second-order valence-corrected chi connectivity index (χ2v) is 10.7. The van der Waals surface area contributed by atoms with Gasteiger partial charge in [-0.05, 0) is 63.3 Å². The number of piperazine rings is 1. The van der Waals surface area contributed by atoms with E-state index < -0.39 is 11.6 Å². The van der Waals surface area contributed by atoms with Gasteiger partial charge in [0, 0.05) is 54.7 Å². The molecule has 0 aliphatic carbocycles. The molecule has 0 amide bonds. The number of nitrogens with one attached hydrogen (secondary N) is 3. The van der Waals surface area contributed by atoms with E-state index in [0.717, 1.165) is 57.6 Å². The number of hydrogen-bond donors (Lipinski definition) is 3. The summed E-state index contributed by atoms with van der Waals surface area (Å²) in [4.78, 5) is 15.7. The van der Waals surface area contributed by atoms with E-state index in [2.05, 4.69) is 70.0 Å². The third kappa shape index (κ3) is 9.61. The highest BCUT2D eigenvalue weighted by atomic mass is 19.1. The van der Waals surface area contributed by atoms with E-state index in [0.29, 0.717) is 11.4 Å². The number of aryl methyl sites for hydroxylation is 1. The van der Waals surface area contributed by atoms with Crippen LogP contribution < -0.4 is 20.3 Å². The van der Waals surface area contributed by atoms with Crippen LogP contribution in [0.4, 0.5) is 26.0 Å². The molecule has 2 aromatic carbocycles. The number of likely N-dealkylation sites (N-methyl/N-ethyl adjacent to an activating group) is 1. The van der Waals surface area contributed by atoms with Gasteiger partial charge in [0.25, 0.3) is 0 Å². The van der Waals surface area contributed by atoms with Gasteiger partial charge in [-0.2, -0.15) is 5.26 Å². The number of fused-ring (bicyclic) bond motifs is 1. The number of H-pyrrole nitrogens is 1. The normalized spacial score (nSPS) is 12.9. The van der Waals surface area contributed by atoms with Gasteiger partial charge in [0.1, 0.15) is 12.4 Å². The van der Waals surface area contributed by atoms with Crippen LogP contribution in [0.25, 0.3) is 10.9 Å². The van der Waals surface area contributed by atoms with Crippen molar-refractivity contribution in [3.05, 3.63) is 65.6 Å². The lowest BCUT2D eigenvalue weighted by Crippen LogP contribution is -2.46. The number of rotatable bonds is 9. The maximum Gasteiger partial charge on any atom is 0.242 e. The summed E-state index contributed by atoms with van der Waals surface area (Å²) in [5.41, 5.74) is 2.48. The van der Waals surface area contributed by atoms with Crippen molar-refractivity contribution >= 4 is 28.1 Å². The molecule has 1 saturated heterocycles. The Kier molecular flexibility index (Phi) is 14.0. The van der Waals surface area contributed by atoms with Crippen LogP contribution in [0.2, 0.25) is 0 Å². The minimum absolute atomic E-state index is 0.0255. The first kappa shape index (κ1) is 35.2. The summed E-state index contributed by atoms with van der Waals surface area (Å²) in [6.45, 7) is 19.8. The highest BCUT2D eigenvalue weighted by molar-refractivity contribution is 5.83. The zero-order chi connectivity index (χ0) is 32.8. The van der Waals surface area contributed by atoms with Gasteiger partial charge in [0.15, 0.2) is 28.8 Å². The average Bonchev–Trinajstić information content (AvgIpc) is 3.46. The van der Waals surface area contributed by atoms with Crippen molar-refractivity contribution in [3.8, 4) is 17.7 Å². The fourth-order valence-corrected chi connectivity index (χ4v) is 4.72. The van der Waals surface area contributed by atoms with Crippen molar-refractivity contribution < 1.29 is 13.5 Å². The van der Waals surface area contributed by atoms with E-state index in [4.69, 9.17) is 4.74 Å². The average molecular weight is 621 g/mol. The Morgan fingerprint density at radius 2 is 1.69 bits per heavy atom. The standard InChI is InChI=1S/C26H25F2N7O.C5H13N.C3H8/c1-3-34-8-10-35(11-9-34)18-6-4-17(5-7-18)33-25-20(14-29)26(31-15-30-25)36-22-13-21(27)24-19(23(22)28)12-16(2)32-24;1-3-5-6-4-2;1-3-2/h4-7,12-13,15,32H,3,8-11H2,1-2H3,(H,30,31,33);6H,3-5H2,1-2H3;3H2,1-2H3. The van der Waals surface area contributed by atoms with Gasteiger partial charge >= 0.3 is 0 Å². The maximum atomic E-state index is 15.0. The molecule has 0 spiro atoms. The molecule has 0 radical (unpaired) electrons. The van der Waals surface area contributed by atoms with Crippen LogP contribution in [0.1, 0.15) is 58.7 Å². The lowest BCUT2D eigenvalue weighted by Gasteiger charge is -2.35. The molecule has 3 heterocycles. The van der Waals surface area contributed by atoms with E-state index in [9.17, 15) is 9.65 Å². The van der Waals surface area contributed by atoms with Crippen molar-refractivity contribution in [3.63, 3.8) is 0 Å². The Balaban J connectivity index is 0.000000543.